The van der Waals surface area contributed by atoms with Crippen molar-refractivity contribution in [2.24, 2.45) is 10.6 Å². The molecule has 1 aliphatic rings. The van der Waals surface area contributed by atoms with E-state index in [-0.39, 0.29) is 29.1 Å². The number of ketones is 1. The zero-order valence-electron chi connectivity index (χ0n) is 18.6. The van der Waals surface area contributed by atoms with Crippen molar-refractivity contribution < 1.29 is 26.4 Å². The molecule has 0 bridgehead atoms. The molecule has 1 aliphatic carbocycles. The molecule has 1 fully saturated rings. The van der Waals surface area contributed by atoms with E-state index in [0.29, 0.717) is 30.4 Å². The van der Waals surface area contributed by atoms with Crippen molar-refractivity contribution in [3.63, 3.8) is 0 Å². The number of nitriles is 1. The van der Waals surface area contributed by atoms with Crippen LogP contribution in [0.15, 0.2) is 53.4 Å². The summed E-state index contributed by atoms with van der Waals surface area (Å²) < 4.78 is 64.7. The molecule has 1 saturated carbocycles. The van der Waals surface area contributed by atoms with E-state index in [1.807, 2.05) is 0 Å². The van der Waals surface area contributed by atoms with Gasteiger partial charge in [-0.05, 0) is 48.1 Å². The number of sulfonamides is 1. The van der Waals surface area contributed by atoms with E-state index in [1.54, 1.807) is 6.92 Å². The standard InChI is InChI=1S/C24H26F3N3O3S/c1-2-3-20(21(31)14-23(15-28)12-13-23)30-22(24(25,26)27)18-6-4-16(5-7-18)17-8-10-19(11-9-17)34(29,32)33/h4-11,20,22,30H,2-3,12-14H2,1H3,(H2,29,32,33)/t20-,22-/m0/s1. The lowest BCUT2D eigenvalue weighted by Crippen LogP contribution is -2.45. The lowest BCUT2D eigenvalue weighted by atomic mass is 9.93. The summed E-state index contributed by atoms with van der Waals surface area (Å²) >= 11 is 0. The van der Waals surface area contributed by atoms with Gasteiger partial charge >= 0.3 is 6.18 Å². The van der Waals surface area contributed by atoms with Crippen LogP contribution in [0.3, 0.4) is 0 Å². The van der Waals surface area contributed by atoms with Crippen molar-refractivity contribution in [2.75, 3.05) is 0 Å². The Balaban J connectivity index is 1.82. The van der Waals surface area contributed by atoms with Gasteiger partial charge in [0.25, 0.3) is 0 Å². The van der Waals surface area contributed by atoms with Crippen LogP contribution in [0.1, 0.15) is 50.6 Å². The highest BCUT2D eigenvalue weighted by atomic mass is 32.2. The Kier molecular flexibility index (Phi) is 7.50. The minimum absolute atomic E-state index is 0.0425. The Morgan fingerprint density at radius 2 is 1.65 bits per heavy atom. The molecule has 2 aromatic rings. The van der Waals surface area contributed by atoms with Crippen LogP contribution in [-0.4, -0.2) is 26.4 Å². The normalized spacial score (nSPS) is 16.9. The number of primary sulfonamides is 1. The highest BCUT2D eigenvalue weighted by molar-refractivity contribution is 7.89. The summed E-state index contributed by atoms with van der Waals surface area (Å²) in [4.78, 5) is 12.7. The van der Waals surface area contributed by atoms with Crippen LogP contribution in [0.25, 0.3) is 11.1 Å². The van der Waals surface area contributed by atoms with Crippen LogP contribution in [0, 0.1) is 16.7 Å². The second kappa shape index (κ2) is 9.86. The summed E-state index contributed by atoms with van der Waals surface area (Å²) in [7, 11) is -3.85. The number of hydrogen-bond acceptors (Lipinski definition) is 5. The molecule has 34 heavy (non-hydrogen) atoms. The van der Waals surface area contributed by atoms with Gasteiger partial charge in [0.2, 0.25) is 10.0 Å². The van der Waals surface area contributed by atoms with Gasteiger partial charge in [-0.1, -0.05) is 49.7 Å². The first-order valence-corrected chi connectivity index (χ1v) is 12.4. The molecule has 0 unspecified atom stereocenters. The number of carbonyl (C=O) groups is 1. The molecule has 6 nitrogen and oxygen atoms in total. The van der Waals surface area contributed by atoms with E-state index in [0.717, 1.165) is 0 Å². The molecule has 10 heteroatoms. The molecule has 0 saturated heterocycles. The molecule has 0 aromatic heterocycles. The van der Waals surface area contributed by atoms with Crippen LogP contribution in [-0.2, 0) is 14.8 Å². The Morgan fingerprint density at radius 1 is 1.12 bits per heavy atom. The number of hydrogen-bond donors (Lipinski definition) is 2. The molecule has 2 aromatic carbocycles. The van der Waals surface area contributed by atoms with Crippen LogP contribution >= 0.6 is 0 Å². The third-order valence-electron chi connectivity index (χ3n) is 6.02. The third-order valence-corrected chi connectivity index (χ3v) is 6.95. The molecule has 0 aliphatic heterocycles. The maximum Gasteiger partial charge on any atom is 0.407 e. The SMILES string of the molecule is CCC[C@H](N[C@@H](c1ccc(-c2ccc(S(N)(=O)=O)cc2)cc1)C(F)(F)F)C(=O)CC1(C#N)CC1. The third kappa shape index (κ3) is 6.23. The number of nitrogens with two attached hydrogens (primary N) is 1. The van der Waals surface area contributed by atoms with Crippen molar-refractivity contribution in [2.45, 2.75) is 62.2 Å². The number of halogens is 3. The van der Waals surface area contributed by atoms with Crippen molar-refractivity contribution >= 4 is 15.8 Å². The number of nitrogens with zero attached hydrogens (tertiary/aromatic N) is 1. The Bertz CT molecular complexity index is 1170. The largest absolute Gasteiger partial charge is 0.407 e. The average Bonchev–Trinajstić information content (AvgIpc) is 3.55. The quantitative estimate of drug-likeness (QED) is 0.501. The Hall–Kier alpha value is -2.74. The number of nitrogens with one attached hydrogen (secondary N) is 1. The van der Waals surface area contributed by atoms with Gasteiger partial charge in [0.05, 0.1) is 22.4 Å². The molecule has 3 N–H and O–H groups in total. The van der Waals surface area contributed by atoms with E-state index >= 15 is 0 Å². The molecule has 182 valence electrons. The summed E-state index contributed by atoms with van der Waals surface area (Å²) in [5.74, 6) is -0.373. The first kappa shape index (κ1) is 25.9. The number of rotatable bonds is 10. The summed E-state index contributed by atoms with van der Waals surface area (Å²) in [5, 5.41) is 16.8. The second-order valence-corrected chi connectivity index (χ2v) is 10.3. The van der Waals surface area contributed by atoms with Gasteiger partial charge in [-0.2, -0.15) is 18.4 Å². The molecular formula is C24H26F3N3O3S. The highest BCUT2D eigenvalue weighted by Gasteiger charge is 2.47. The van der Waals surface area contributed by atoms with Gasteiger partial charge in [0, 0.05) is 6.42 Å². The first-order valence-electron chi connectivity index (χ1n) is 10.9. The fourth-order valence-electron chi connectivity index (χ4n) is 3.85. The molecule has 0 spiro atoms. The predicted molar refractivity (Wildman–Crippen MR) is 121 cm³/mol. The molecule has 3 rings (SSSR count). The molecule has 2 atom stereocenters. The topological polar surface area (TPSA) is 113 Å². The van der Waals surface area contributed by atoms with Crippen molar-refractivity contribution in [3.8, 4) is 17.2 Å². The van der Waals surface area contributed by atoms with Gasteiger partial charge in [-0.25, -0.2) is 13.6 Å². The number of carbonyl (C=O) groups excluding carboxylic acids is 1. The monoisotopic (exact) mass is 493 g/mol. The first-order chi connectivity index (χ1) is 15.9. The lowest BCUT2D eigenvalue weighted by Gasteiger charge is -2.27. The fourth-order valence-corrected chi connectivity index (χ4v) is 4.36. The Morgan fingerprint density at radius 3 is 2.06 bits per heavy atom. The van der Waals surface area contributed by atoms with Crippen LogP contribution in [0.2, 0.25) is 0 Å². The van der Waals surface area contributed by atoms with Gasteiger partial charge < -0.3 is 0 Å². The van der Waals surface area contributed by atoms with Crippen LogP contribution in [0.5, 0.6) is 0 Å². The van der Waals surface area contributed by atoms with Crippen LogP contribution in [0.4, 0.5) is 13.2 Å². The maximum absolute atomic E-state index is 14.0. The van der Waals surface area contributed by atoms with Crippen molar-refractivity contribution in [1.82, 2.24) is 5.32 Å². The molecule has 0 amide bonds. The van der Waals surface area contributed by atoms with Gasteiger partial charge in [0.1, 0.15) is 6.04 Å². The molecule has 0 radical (unpaired) electrons. The average molecular weight is 494 g/mol. The van der Waals surface area contributed by atoms with Crippen molar-refractivity contribution in [1.29, 1.82) is 5.26 Å². The van der Waals surface area contributed by atoms with Gasteiger partial charge in [0.15, 0.2) is 5.78 Å². The minimum Gasteiger partial charge on any atom is -0.298 e. The maximum atomic E-state index is 14.0. The minimum atomic E-state index is -4.64. The highest BCUT2D eigenvalue weighted by Crippen LogP contribution is 2.48. The summed E-state index contributed by atoms with van der Waals surface area (Å²) in [6, 6.07) is 10.4. The van der Waals surface area contributed by atoms with E-state index in [2.05, 4.69) is 11.4 Å². The predicted octanol–water partition coefficient (Wildman–Crippen LogP) is 4.63. The second-order valence-electron chi connectivity index (χ2n) is 8.71. The fraction of sp³-hybridized carbons (Fsp3) is 0.417. The lowest BCUT2D eigenvalue weighted by molar-refractivity contribution is -0.160. The van der Waals surface area contributed by atoms with E-state index < -0.39 is 33.7 Å². The summed E-state index contributed by atoms with van der Waals surface area (Å²) in [6.45, 7) is 1.79. The van der Waals surface area contributed by atoms with Gasteiger partial charge in [-0.3, -0.25) is 10.1 Å². The summed E-state index contributed by atoms with van der Waals surface area (Å²) in [6.07, 6.45) is -2.74. The van der Waals surface area contributed by atoms with Crippen molar-refractivity contribution in [3.05, 3.63) is 54.1 Å². The molecule has 0 heterocycles. The van der Waals surface area contributed by atoms with E-state index in [1.165, 1.54) is 48.5 Å². The number of Topliss-reactive ketones (excluding diaryl/α,β-unsaturated/α-hetero) is 1. The van der Waals surface area contributed by atoms with Gasteiger partial charge in [-0.15, -0.1) is 0 Å². The van der Waals surface area contributed by atoms with E-state index in [4.69, 9.17) is 5.14 Å². The molecular weight excluding hydrogens is 467 g/mol. The summed E-state index contributed by atoms with van der Waals surface area (Å²) in [5.41, 5.74) is 0.434. The zero-order valence-corrected chi connectivity index (χ0v) is 19.4. The van der Waals surface area contributed by atoms with E-state index in [9.17, 15) is 31.6 Å². The smallest absolute Gasteiger partial charge is 0.298 e. The number of benzene rings is 2. The Labute approximate surface area is 197 Å². The number of alkyl halides is 3. The van der Waals surface area contributed by atoms with Crippen LogP contribution < -0.4 is 10.5 Å². The zero-order chi connectivity index (χ0) is 25.1.